The first-order valence-corrected chi connectivity index (χ1v) is 6.95. The van der Waals surface area contributed by atoms with Crippen LogP contribution in [-0.2, 0) is 4.74 Å². The van der Waals surface area contributed by atoms with Crippen LogP contribution >= 0.6 is 0 Å². The SMILES string of the molecule is CCCCOC(=O)c1ccccc1NC(=O)Nc1ccon1. The Balaban J connectivity index is 2.01. The number of benzene rings is 1. The molecule has 0 aliphatic rings. The number of anilines is 2. The lowest BCUT2D eigenvalue weighted by Gasteiger charge is -2.10. The van der Waals surface area contributed by atoms with Crippen LogP contribution in [0.2, 0.25) is 0 Å². The van der Waals surface area contributed by atoms with Gasteiger partial charge in [-0.15, -0.1) is 0 Å². The highest BCUT2D eigenvalue weighted by Crippen LogP contribution is 2.17. The molecule has 1 heterocycles. The van der Waals surface area contributed by atoms with Crippen molar-refractivity contribution in [2.75, 3.05) is 17.2 Å². The van der Waals surface area contributed by atoms with E-state index < -0.39 is 12.0 Å². The van der Waals surface area contributed by atoms with Gasteiger partial charge in [0.05, 0.1) is 17.9 Å². The van der Waals surface area contributed by atoms with Gasteiger partial charge in [0.25, 0.3) is 0 Å². The molecule has 0 aliphatic heterocycles. The predicted molar refractivity (Wildman–Crippen MR) is 80.8 cm³/mol. The number of aromatic nitrogens is 1. The highest BCUT2D eigenvalue weighted by Gasteiger charge is 2.14. The molecule has 0 aliphatic carbocycles. The minimum absolute atomic E-state index is 0.278. The standard InChI is InChI=1S/C15H17N3O4/c1-2-3-9-21-14(19)11-6-4-5-7-12(11)16-15(20)17-13-8-10-22-18-13/h4-8,10H,2-3,9H2,1H3,(H2,16,17,18,20). The number of hydrogen-bond donors (Lipinski definition) is 2. The largest absolute Gasteiger partial charge is 0.462 e. The number of hydrogen-bond acceptors (Lipinski definition) is 5. The molecule has 0 saturated carbocycles. The highest BCUT2D eigenvalue weighted by atomic mass is 16.5. The first kappa shape index (κ1) is 15.6. The third-order valence-electron chi connectivity index (χ3n) is 2.81. The summed E-state index contributed by atoms with van der Waals surface area (Å²) in [5.41, 5.74) is 0.666. The number of urea groups is 1. The summed E-state index contributed by atoms with van der Waals surface area (Å²) in [5.74, 6) is -0.189. The van der Waals surface area contributed by atoms with Gasteiger partial charge in [-0.1, -0.05) is 30.6 Å². The van der Waals surface area contributed by atoms with Crippen LogP contribution in [0.5, 0.6) is 0 Å². The summed E-state index contributed by atoms with van der Waals surface area (Å²) in [7, 11) is 0. The van der Waals surface area contributed by atoms with Crippen molar-refractivity contribution in [1.82, 2.24) is 5.16 Å². The molecule has 2 N–H and O–H groups in total. The maximum atomic E-state index is 12.0. The maximum Gasteiger partial charge on any atom is 0.340 e. The van der Waals surface area contributed by atoms with Crippen LogP contribution in [0.25, 0.3) is 0 Å². The zero-order valence-corrected chi connectivity index (χ0v) is 12.2. The van der Waals surface area contributed by atoms with E-state index in [2.05, 4.69) is 20.3 Å². The molecule has 2 aromatic rings. The molecule has 7 heteroatoms. The normalized spacial score (nSPS) is 10.0. The fourth-order valence-corrected chi connectivity index (χ4v) is 1.70. The van der Waals surface area contributed by atoms with Crippen LogP contribution in [0.3, 0.4) is 0 Å². The number of nitrogens with one attached hydrogen (secondary N) is 2. The van der Waals surface area contributed by atoms with Gasteiger partial charge in [0.1, 0.15) is 6.26 Å². The first-order valence-electron chi connectivity index (χ1n) is 6.95. The van der Waals surface area contributed by atoms with Gasteiger partial charge in [-0.05, 0) is 18.6 Å². The fourth-order valence-electron chi connectivity index (χ4n) is 1.70. The molecule has 22 heavy (non-hydrogen) atoms. The number of rotatable bonds is 6. The quantitative estimate of drug-likeness (QED) is 0.631. The fraction of sp³-hybridized carbons (Fsp3) is 0.267. The van der Waals surface area contributed by atoms with Gasteiger partial charge in [-0.2, -0.15) is 0 Å². The lowest BCUT2D eigenvalue weighted by atomic mass is 10.2. The Morgan fingerprint density at radius 1 is 1.23 bits per heavy atom. The lowest BCUT2D eigenvalue weighted by Crippen LogP contribution is -2.21. The van der Waals surface area contributed by atoms with Gasteiger partial charge >= 0.3 is 12.0 Å². The van der Waals surface area contributed by atoms with Gasteiger partial charge < -0.3 is 14.6 Å². The average Bonchev–Trinajstić information content (AvgIpc) is 3.00. The Hall–Kier alpha value is -2.83. The predicted octanol–water partition coefficient (Wildman–Crippen LogP) is 3.28. The monoisotopic (exact) mass is 303 g/mol. The molecule has 0 unspecified atom stereocenters. The van der Waals surface area contributed by atoms with Crippen molar-refractivity contribution in [3.63, 3.8) is 0 Å². The highest BCUT2D eigenvalue weighted by molar-refractivity contribution is 6.04. The zero-order valence-electron chi connectivity index (χ0n) is 12.2. The molecule has 0 fully saturated rings. The molecule has 0 atom stereocenters. The Bertz CT molecular complexity index is 625. The summed E-state index contributed by atoms with van der Waals surface area (Å²) in [6.07, 6.45) is 3.08. The van der Waals surface area contributed by atoms with Crippen LogP contribution in [0.1, 0.15) is 30.1 Å². The maximum absolute atomic E-state index is 12.0. The molecule has 0 radical (unpaired) electrons. The smallest absolute Gasteiger partial charge is 0.340 e. The molecule has 0 saturated heterocycles. The van der Waals surface area contributed by atoms with E-state index in [9.17, 15) is 9.59 Å². The van der Waals surface area contributed by atoms with E-state index in [1.807, 2.05) is 6.92 Å². The molecule has 116 valence electrons. The van der Waals surface area contributed by atoms with E-state index in [0.29, 0.717) is 17.9 Å². The molecule has 0 bridgehead atoms. The van der Waals surface area contributed by atoms with E-state index in [1.165, 1.54) is 12.3 Å². The van der Waals surface area contributed by atoms with E-state index in [-0.39, 0.29) is 5.82 Å². The summed E-state index contributed by atoms with van der Waals surface area (Å²) in [6, 6.07) is 7.62. The Morgan fingerprint density at radius 3 is 2.77 bits per heavy atom. The summed E-state index contributed by atoms with van der Waals surface area (Å²) in [6.45, 7) is 2.37. The molecule has 0 spiro atoms. The van der Waals surface area contributed by atoms with E-state index in [4.69, 9.17) is 4.74 Å². The number of nitrogens with zero attached hydrogens (tertiary/aromatic N) is 1. The molecule has 1 aromatic heterocycles. The van der Waals surface area contributed by atoms with Crippen LogP contribution < -0.4 is 10.6 Å². The number of amides is 2. The molecule has 1 aromatic carbocycles. The second-order valence-corrected chi connectivity index (χ2v) is 4.50. The minimum atomic E-state index is -0.525. The van der Waals surface area contributed by atoms with Crippen LogP contribution in [0.15, 0.2) is 41.1 Å². The first-order chi connectivity index (χ1) is 10.7. The third kappa shape index (κ3) is 4.34. The summed E-state index contributed by atoms with van der Waals surface area (Å²) in [5, 5.41) is 8.64. The number of ether oxygens (including phenoxy) is 1. The Labute approximate surface area is 127 Å². The molecule has 2 rings (SSSR count). The van der Waals surface area contributed by atoms with Gasteiger partial charge in [-0.25, -0.2) is 9.59 Å². The third-order valence-corrected chi connectivity index (χ3v) is 2.81. The van der Waals surface area contributed by atoms with Crippen molar-refractivity contribution in [3.8, 4) is 0 Å². The zero-order chi connectivity index (χ0) is 15.8. The van der Waals surface area contributed by atoms with E-state index >= 15 is 0 Å². The van der Waals surface area contributed by atoms with Crippen LogP contribution in [0.4, 0.5) is 16.3 Å². The van der Waals surface area contributed by atoms with Crippen molar-refractivity contribution in [2.45, 2.75) is 19.8 Å². The Morgan fingerprint density at radius 2 is 2.05 bits per heavy atom. The van der Waals surface area contributed by atoms with E-state index in [0.717, 1.165) is 12.8 Å². The van der Waals surface area contributed by atoms with Gasteiger partial charge in [-0.3, -0.25) is 5.32 Å². The van der Waals surface area contributed by atoms with Gasteiger partial charge in [0.2, 0.25) is 0 Å². The summed E-state index contributed by atoms with van der Waals surface area (Å²) >= 11 is 0. The number of para-hydroxylation sites is 1. The van der Waals surface area contributed by atoms with Gasteiger partial charge in [0, 0.05) is 6.07 Å². The minimum Gasteiger partial charge on any atom is -0.462 e. The summed E-state index contributed by atoms with van der Waals surface area (Å²) in [4.78, 5) is 23.9. The number of carbonyl (C=O) groups is 2. The molecular weight excluding hydrogens is 286 g/mol. The molecule has 2 amide bonds. The van der Waals surface area contributed by atoms with Crippen LogP contribution in [-0.4, -0.2) is 23.8 Å². The molecular formula is C15H17N3O4. The lowest BCUT2D eigenvalue weighted by molar-refractivity contribution is 0.0501. The van der Waals surface area contributed by atoms with Crippen molar-refractivity contribution in [3.05, 3.63) is 42.2 Å². The number of esters is 1. The topological polar surface area (TPSA) is 93.5 Å². The average molecular weight is 303 g/mol. The Kier molecular flexibility index (Phi) is 5.53. The van der Waals surface area contributed by atoms with E-state index in [1.54, 1.807) is 24.3 Å². The second-order valence-electron chi connectivity index (χ2n) is 4.50. The summed E-state index contributed by atoms with van der Waals surface area (Å²) < 4.78 is 9.77. The number of carbonyl (C=O) groups excluding carboxylic acids is 2. The van der Waals surface area contributed by atoms with Gasteiger partial charge in [0.15, 0.2) is 5.82 Å². The van der Waals surface area contributed by atoms with Crippen molar-refractivity contribution in [2.24, 2.45) is 0 Å². The second kappa shape index (κ2) is 7.82. The van der Waals surface area contributed by atoms with Crippen molar-refractivity contribution >= 4 is 23.5 Å². The molecule has 7 nitrogen and oxygen atoms in total. The van der Waals surface area contributed by atoms with Crippen molar-refractivity contribution < 1.29 is 18.8 Å². The van der Waals surface area contributed by atoms with Crippen molar-refractivity contribution in [1.29, 1.82) is 0 Å². The number of unbranched alkanes of at least 4 members (excludes halogenated alkanes) is 1. The van der Waals surface area contributed by atoms with Crippen LogP contribution in [0, 0.1) is 0 Å².